The molecular formula is C32H29ClN4O5. The van der Waals surface area contributed by atoms with Crippen LogP contribution in [0.3, 0.4) is 0 Å². The standard InChI is InChI=1S/C32H29ClN4O5/c1-18-5-4-6-23-27(38)13-26-30(29(18)23)24(19(2)33)15-37(26)32(40)25-16-36-14-21(9-12-28(36)35-25)34-31(39)20-7-10-22(11-8-20)42-17-41-3/h4-14,16,19,24,38H,15,17H2,1-3H3,(H,34,39)/t19-,24-/m0/s1. The smallest absolute Gasteiger partial charge is 0.278 e. The monoisotopic (exact) mass is 584 g/mol. The number of aromatic nitrogens is 2. The van der Waals surface area contributed by atoms with E-state index in [1.54, 1.807) is 64.2 Å². The molecule has 42 heavy (non-hydrogen) atoms. The Morgan fingerprint density at radius 2 is 1.93 bits per heavy atom. The second-order valence-corrected chi connectivity index (χ2v) is 11.1. The number of imidazole rings is 1. The van der Waals surface area contributed by atoms with Crippen LogP contribution in [0.25, 0.3) is 16.4 Å². The van der Waals surface area contributed by atoms with Crippen molar-refractivity contribution in [1.82, 2.24) is 9.38 Å². The molecule has 0 radical (unpaired) electrons. The summed E-state index contributed by atoms with van der Waals surface area (Å²) in [5.74, 6) is 0.00102. The van der Waals surface area contributed by atoms with E-state index >= 15 is 0 Å². The summed E-state index contributed by atoms with van der Waals surface area (Å²) >= 11 is 6.65. The summed E-state index contributed by atoms with van der Waals surface area (Å²) in [6, 6.07) is 17.6. The zero-order chi connectivity index (χ0) is 29.5. The van der Waals surface area contributed by atoms with Crippen molar-refractivity contribution in [3.63, 3.8) is 0 Å². The summed E-state index contributed by atoms with van der Waals surface area (Å²) in [6.45, 7) is 4.41. The molecule has 214 valence electrons. The van der Waals surface area contributed by atoms with Crippen LogP contribution in [-0.4, -0.2) is 52.1 Å². The number of halogens is 1. The molecule has 2 N–H and O–H groups in total. The molecule has 0 bridgehead atoms. The van der Waals surface area contributed by atoms with Gasteiger partial charge in [0.05, 0.1) is 11.4 Å². The summed E-state index contributed by atoms with van der Waals surface area (Å²) in [6.07, 6.45) is 3.34. The van der Waals surface area contributed by atoms with Crippen LogP contribution in [-0.2, 0) is 4.74 Å². The number of phenolic OH excluding ortho intramolecular Hbond substituents is 1. The first-order chi connectivity index (χ1) is 20.2. The number of alkyl halides is 1. The summed E-state index contributed by atoms with van der Waals surface area (Å²) < 4.78 is 12.0. The normalized spacial score (nSPS) is 15.1. The molecule has 0 aliphatic carbocycles. The number of phenols is 1. The van der Waals surface area contributed by atoms with E-state index in [1.165, 1.54) is 7.11 Å². The highest BCUT2D eigenvalue weighted by Gasteiger charge is 2.38. The zero-order valence-corrected chi connectivity index (χ0v) is 24.1. The molecule has 0 fully saturated rings. The van der Waals surface area contributed by atoms with E-state index in [4.69, 9.17) is 21.1 Å². The number of amides is 2. The van der Waals surface area contributed by atoms with Gasteiger partial charge >= 0.3 is 0 Å². The van der Waals surface area contributed by atoms with Crippen LogP contribution in [0.15, 0.2) is 73.1 Å². The number of methoxy groups -OCH3 is 1. The van der Waals surface area contributed by atoms with E-state index in [0.29, 0.717) is 34.9 Å². The van der Waals surface area contributed by atoms with Crippen LogP contribution in [0.2, 0.25) is 0 Å². The Bertz CT molecular complexity index is 1830. The van der Waals surface area contributed by atoms with Crippen LogP contribution in [0.4, 0.5) is 11.4 Å². The lowest BCUT2D eigenvalue weighted by atomic mass is 9.90. The molecule has 2 atom stereocenters. The second-order valence-electron chi connectivity index (χ2n) is 10.4. The number of aromatic hydroxyl groups is 1. The van der Waals surface area contributed by atoms with Gasteiger partial charge < -0.3 is 29.2 Å². The lowest BCUT2D eigenvalue weighted by Crippen LogP contribution is -2.31. The molecule has 0 saturated carbocycles. The van der Waals surface area contributed by atoms with Gasteiger partial charge in [-0.05, 0) is 66.8 Å². The van der Waals surface area contributed by atoms with Crippen LogP contribution < -0.4 is 15.0 Å². The lowest BCUT2D eigenvalue weighted by molar-refractivity contribution is 0.0511. The number of carbonyl (C=O) groups excluding carboxylic acids is 2. The number of nitrogens with one attached hydrogen (secondary N) is 1. The fourth-order valence-electron chi connectivity index (χ4n) is 5.54. The third-order valence-electron chi connectivity index (χ3n) is 7.60. The molecule has 1 aliphatic heterocycles. The van der Waals surface area contributed by atoms with E-state index in [2.05, 4.69) is 10.3 Å². The highest BCUT2D eigenvalue weighted by Crippen LogP contribution is 2.48. The Balaban J connectivity index is 1.27. The Hall–Kier alpha value is -4.60. The van der Waals surface area contributed by atoms with Gasteiger partial charge in [-0.2, -0.15) is 0 Å². The third-order valence-corrected chi connectivity index (χ3v) is 7.90. The molecule has 5 aromatic rings. The van der Waals surface area contributed by atoms with E-state index in [9.17, 15) is 14.7 Å². The van der Waals surface area contributed by atoms with Crippen molar-refractivity contribution in [1.29, 1.82) is 0 Å². The molecule has 10 heteroatoms. The van der Waals surface area contributed by atoms with Crippen molar-refractivity contribution in [2.45, 2.75) is 25.1 Å². The Morgan fingerprint density at radius 3 is 2.67 bits per heavy atom. The molecule has 2 amide bonds. The minimum absolute atomic E-state index is 0.112. The summed E-state index contributed by atoms with van der Waals surface area (Å²) in [5.41, 5.74) is 4.40. The van der Waals surface area contributed by atoms with Crippen molar-refractivity contribution in [3.8, 4) is 11.5 Å². The number of ether oxygens (including phenoxy) is 2. The molecule has 3 aromatic carbocycles. The number of fused-ring (bicyclic) bond motifs is 4. The highest BCUT2D eigenvalue weighted by atomic mass is 35.5. The van der Waals surface area contributed by atoms with Crippen molar-refractivity contribution >= 4 is 51.2 Å². The van der Waals surface area contributed by atoms with Crippen molar-refractivity contribution in [3.05, 3.63) is 95.4 Å². The topological polar surface area (TPSA) is 105 Å². The Kier molecular flexibility index (Phi) is 7.22. The van der Waals surface area contributed by atoms with Gasteiger partial charge in [0.1, 0.15) is 22.8 Å². The van der Waals surface area contributed by atoms with Gasteiger partial charge in [-0.25, -0.2) is 4.98 Å². The number of benzene rings is 3. The van der Waals surface area contributed by atoms with Crippen LogP contribution in [0.1, 0.15) is 44.8 Å². The average Bonchev–Trinajstić information content (AvgIpc) is 3.58. The quantitative estimate of drug-likeness (QED) is 0.177. The maximum atomic E-state index is 13.9. The van der Waals surface area contributed by atoms with Crippen molar-refractivity contribution in [2.24, 2.45) is 0 Å². The van der Waals surface area contributed by atoms with E-state index in [-0.39, 0.29) is 41.3 Å². The predicted molar refractivity (Wildman–Crippen MR) is 162 cm³/mol. The molecule has 9 nitrogen and oxygen atoms in total. The number of pyridine rings is 1. The van der Waals surface area contributed by atoms with Crippen molar-refractivity contribution < 1.29 is 24.2 Å². The minimum Gasteiger partial charge on any atom is -0.507 e. The molecular weight excluding hydrogens is 556 g/mol. The largest absolute Gasteiger partial charge is 0.507 e. The summed E-state index contributed by atoms with van der Waals surface area (Å²) in [4.78, 5) is 32.9. The van der Waals surface area contributed by atoms with Crippen LogP contribution >= 0.6 is 11.6 Å². The van der Waals surface area contributed by atoms with Crippen LogP contribution in [0, 0.1) is 6.92 Å². The minimum atomic E-state index is -0.298. The lowest BCUT2D eigenvalue weighted by Gasteiger charge is -2.17. The summed E-state index contributed by atoms with van der Waals surface area (Å²) in [5, 5.41) is 15.2. The second kappa shape index (κ2) is 11.0. The molecule has 1 aliphatic rings. The van der Waals surface area contributed by atoms with Gasteiger partial charge in [-0.15, -0.1) is 11.6 Å². The number of nitrogens with zero attached hydrogens (tertiary/aromatic N) is 3. The van der Waals surface area contributed by atoms with Gasteiger partial charge in [0.2, 0.25) is 0 Å². The molecule has 6 rings (SSSR count). The number of rotatable bonds is 7. The van der Waals surface area contributed by atoms with E-state index in [1.807, 2.05) is 32.0 Å². The van der Waals surface area contributed by atoms with Crippen molar-refractivity contribution in [2.75, 3.05) is 30.7 Å². The first kappa shape index (κ1) is 27.6. The van der Waals surface area contributed by atoms with E-state index in [0.717, 1.165) is 21.9 Å². The van der Waals surface area contributed by atoms with Gasteiger partial charge in [0.15, 0.2) is 6.79 Å². The molecule has 0 unspecified atom stereocenters. The molecule has 0 saturated heterocycles. The van der Waals surface area contributed by atoms with E-state index < -0.39 is 0 Å². The number of hydrogen-bond donors (Lipinski definition) is 2. The van der Waals surface area contributed by atoms with Gasteiger partial charge in [-0.1, -0.05) is 18.2 Å². The van der Waals surface area contributed by atoms with Gasteiger partial charge in [0.25, 0.3) is 11.8 Å². The average molecular weight is 585 g/mol. The Labute approximate surface area is 247 Å². The molecule has 0 spiro atoms. The van der Waals surface area contributed by atoms with Crippen LogP contribution in [0.5, 0.6) is 11.5 Å². The maximum Gasteiger partial charge on any atom is 0.278 e. The SMILES string of the molecule is COCOc1ccc(C(=O)Nc2ccc3nc(C(=O)N4C[C@@H]([C@H](C)Cl)c5c4cc(O)c4cccc(C)c54)cn3c2)cc1. The fraction of sp³-hybridized carbons (Fsp3) is 0.219. The van der Waals surface area contributed by atoms with Gasteiger partial charge in [0, 0.05) is 54.4 Å². The Morgan fingerprint density at radius 1 is 1.14 bits per heavy atom. The number of hydrogen-bond acceptors (Lipinski definition) is 6. The molecule has 2 aromatic heterocycles. The maximum absolute atomic E-state index is 13.9. The van der Waals surface area contributed by atoms with Gasteiger partial charge in [-0.3, -0.25) is 9.59 Å². The first-order valence-corrected chi connectivity index (χ1v) is 13.9. The first-order valence-electron chi connectivity index (χ1n) is 13.5. The number of anilines is 2. The molecule has 3 heterocycles. The third kappa shape index (κ3) is 4.91. The number of aryl methyl sites for hydroxylation is 1. The predicted octanol–water partition coefficient (Wildman–Crippen LogP) is 6.11. The highest BCUT2D eigenvalue weighted by molar-refractivity contribution is 6.22. The zero-order valence-electron chi connectivity index (χ0n) is 23.3. The summed E-state index contributed by atoms with van der Waals surface area (Å²) in [7, 11) is 1.54. The fourth-order valence-corrected chi connectivity index (χ4v) is 5.75. The number of carbonyl (C=O) groups is 2.